The molecule has 0 radical (unpaired) electrons. The highest BCUT2D eigenvalue weighted by atomic mass is 16.5. The summed E-state index contributed by atoms with van der Waals surface area (Å²) in [5, 5.41) is 12.8. The van der Waals surface area contributed by atoms with Crippen LogP contribution in [0.15, 0.2) is 77.2 Å². The molecule has 1 aromatic heterocycles. The van der Waals surface area contributed by atoms with Crippen molar-refractivity contribution in [2.24, 2.45) is 0 Å². The minimum Gasteiger partial charge on any atom is -0.496 e. The first-order chi connectivity index (χ1) is 14.3. The molecule has 5 nitrogen and oxygen atoms in total. The van der Waals surface area contributed by atoms with Gasteiger partial charge >= 0.3 is 0 Å². The second-order valence-corrected chi connectivity index (χ2v) is 6.64. The van der Waals surface area contributed by atoms with Crippen LogP contribution in [-0.4, -0.2) is 24.4 Å². The first-order valence-corrected chi connectivity index (χ1v) is 9.26. The van der Waals surface area contributed by atoms with E-state index in [1.807, 2.05) is 72.8 Å². The quantitative estimate of drug-likeness (QED) is 0.397. The largest absolute Gasteiger partial charge is 0.496 e. The summed E-state index contributed by atoms with van der Waals surface area (Å²) >= 11 is 0. The van der Waals surface area contributed by atoms with Gasteiger partial charge in [-0.05, 0) is 33.7 Å². The molecule has 0 N–H and O–H groups in total. The van der Waals surface area contributed by atoms with Gasteiger partial charge in [0.2, 0.25) is 0 Å². The van der Waals surface area contributed by atoms with Crippen molar-refractivity contribution in [3.05, 3.63) is 72.8 Å². The average molecular weight is 382 g/mol. The third kappa shape index (κ3) is 2.79. The third-order valence-corrected chi connectivity index (χ3v) is 5.07. The fraction of sp³-hybridized carbons (Fsp3) is 0.0833. The number of nitrogens with zero attached hydrogens (tertiary/aromatic N) is 2. The van der Waals surface area contributed by atoms with Gasteiger partial charge in [0.25, 0.3) is 11.8 Å². The lowest BCUT2D eigenvalue weighted by atomic mass is 10.0. The van der Waals surface area contributed by atoms with Gasteiger partial charge < -0.3 is 13.9 Å². The Kier molecular flexibility index (Phi) is 4.13. The lowest BCUT2D eigenvalue weighted by molar-refractivity contribution is 0.413. The van der Waals surface area contributed by atoms with Crippen molar-refractivity contribution in [3.63, 3.8) is 0 Å². The highest BCUT2D eigenvalue weighted by Crippen LogP contribution is 2.40. The third-order valence-electron chi connectivity index (χ3n) is 5.07. The molecule has 0 amide bonds. The van der Waals surface area contributed by atoms with Gasteiger partial charge in [-0.3, -0.25) is 0 Å². The number of methoxy groups -OCH3 is 2. The molecule has 142 valence electrons. The molecule has 0 atom stereocenters. The van der Waals surface area contributed by atoms with Gasteiger partial charge in [0.1, 0.15) is 11.5 Å². The number of hydrogen-bond acceptors (Lipinski definition) is 5. The van der Waals surface area contributed by atoms with Crippen LogP contribution < -0.4 is 9.47 Å². The van der Waals surface area contributed by atoms with Crippen LogP contribution in [0.3, 0.4) is 0 Å². The first-order valence-electron chi connectivity index (χ1n) is 9.26. The summed E-state index contributed by atoms with van der Waals surface area (Å²) in [5.74, 6) is 2.18. The van der Waals surface area contributed by atoms with E-state index in [4.69, 9.17) is 13.9 Å². The van der Waals surface area contributed by atoms with Crippen molar-refractivity contribution >= 4 is 21.5 Å². The van der Waals surface area contributed by atoms with Crippen molar-refractivity contribution < 1.29 is 13.9 Å². The summed E-state index contributed by atoms with van der Waals surface area (Å²) in [7, 11) is 3.28. The maximum Gasteiger partial charge on any atom is 0.252 e. The summed E-state index contributed by atoms with van der Waals surface area (Å²) in [4.78, 5) is 0. The molecule has 5 aromatic rings. The molecule has 0 saturated heterocycles. The smallest absolute Gasteiger partial charge is 0.252 e. The molecule has 0 aliphatic heterocycles. The summed E-state index contributed by atoms with van der Waals surface area (Å²) < 4.78 is 17.3. The van der Waals surface area contributed by atoms with Crippen LogP contribution in [-0.2, 0) is 0 Å². The van der Waals surface area contributed by atoms with Gasteiger partial charge in [-0.1, -0.05) is 60.7 Å². The minimum atomic E-state index is 0.406. The molecule has 0 fully saturated rings. The molecule has 0 aliphatic carbocycles. The van der Waals surface area contributed by atoms with E-state index in [-0.39, 0.29) is 0 Å². The van der Waals surface area contributed by atoms with Gasteiger partial charge in [0.05, 0.1) is 25.3 Å². The number of rotatable bonds is 4. The maximum atomic E-state index is 6.17. The molecule has 4 aromatic carbocycles. The molecule has 0 saturated carbocycles. The van der Waals surface area contributed by atoms with Gasteiger partial charge in [-0.25, -0.2) is 0 Å². The Labute approximate surface area is 167 Å². The standard InChI is InChI=1S/C24H18N2O3/c1-27-19-13-11-15-7-3-5-9-17(15)21(19)23-25-26-24(29-23)22-18-10-6-4-8-16(18)12-14-20(22)28-2/h3-14H,1-2H3. The molecule has 0 aliphatic rings. The first kappa shape index (κ1) is 17.3. The van der Waals surface area contributed by atoms with E-state index in [1.54, 1.807) is 14.2 Å². The summed E-state index contributed by atoms with van der Waals surface area (Å²) in [6.07, 6.45) is 0. The lowest BCUT2D eigenvalue weighted by Crippen LogP contribution is -1.90. The fourth-order valence-electron chi connectivity index (χ4n) is 3.71. The van der Waals surface area contributed by atoms with Gasteiger partial charge in [-0.15, -0.1) is 10.2 Å². The number of aromatic nitrogens is 2. The number of fused-ring (bicyclic) bond motifs is 2. The molecule has 5 rings (SSSR count). The molecule has 29 heavy (non-hydrogen) atoms. The van der Waals surface area contributed by atoms with Crippen LogP contribution in [0.25, 0.3) is 44.5 Å². The van der Waals surface area contributed by atoms with E-state index in [9.17, 15) is 0 Å². The van der Waals surface area contributed by atoms with Crippen LogP contribution in [0.5, 0.6) is 11.5 Å². The van der Waals surface area contributed by atoms with Crippen molar-refractivity contribution in [2.45, 2.75) is 0 Å². The van der Waals surface area contributed by atoms with Gasteiger partial charge in [0.15, 0.2) is 0 Å². The second kappa shape index (κ2) is 6.95. The Morgan fingerprint density at radius 1 is 0.586 bits per heavy atom. The number of hydrogen-bond donors (Lipinski definition) is 0. The lowest BCUT2D eigenvalue weighted by Gasteiger charge is -2.10. The maximum absolute atomic E-state index is 6.17. The van der Waals surface area contributed by atoms with Gasteiger partial charge in [0, 0.05) is 0 Å². The Morgan fingerprint density at radius 3 is 1.48 bits per heavy atom. The zero-order valence-corrected chi connectivity index (χ0v) is 16.0. The predicted octanol–water partition coefficient (Wildman–Crippen LogP) is 5.73. The van der Waals surface area contributed by atoms with E-state index in [1.165, 1.54) is 0 Å². The number of ether oxygens (including phenoxy) is 2. The highest BCUT2D eigenvalue weighted by Gasteiger charge is 2.21. The summed E-state index contributed by atoms with van der Waals surface area (Å²) in [6, 6.07) is 24.0. The van der Waals surface area contributed by atoms with Crippen LogP contribution in [0.1, 0.15) is 0 Å². The monoisotopic (exact) mass is 382 g/mol. The van der Waals surface area contributed by atoms with Crippen LogP contribution in [0.2, 0.25) is 0 Å². The highest BCUT2D eigenvalue weighted by molar-refractivity contribution is 5.99. The number of benzene rings is 4. The topological polar surface area (TPSA) is 57.4 Å². The molecule has 0 bridgehead atoms. The second-order valence-electron chi connectivity index (χ2n) is 6.64. The van der Waals surface area contributed by atoms with Crippen LogP contribution in [0.4, 0.5) is 0 Å². The minimum absolute atomic E-state index is 0.406. The van der Waals surface area contributed by atoms with E-state index in [0.717, 1.165) is 32.7 Å². The fourth-order valence-corrected chi connectivity index (χ4v) is 3.71. The molecule has 0 spiro atoms. The van der Waals surface area contributed by atoms with Crippen molar-refractivity contribution in [1.82, 2.24) is 10.2 Å². The normalized spacial score (nSPS) is 11.1. The molecule has 0 unspecified atom stereocenters. The Balaban J connectivity index is 1.75. The molecule has 1 heterocycles. The molecular weight excluding hydrogens is 364 g/mol. The van der Waals surface area contributed by atoms with Crippen molar-refractivity contribution in [3.8, 4) is 34.4 Å². The average Bonchev–Trinajstić information content (AvgIpc) is 3.26. The van der Waals surface area contributed by atoms with Crippen LogP contribution >= 0.6 is 0 Å². The van der Waals surface area contributed by atoms with Crippen molar-refractivity contribution in [2.75, 3.05) is 14.2 Å². The van der Waals surface area contributed by atoms with E-state index in [2.05, 4.69) is 10.2 Å². The van der Waals surface area contributed by atoms with E-state index in [0.29, 0.717) is 23.3 Å². The van der Waals surface area contributed by atoms with Gasteiger partial charge in [-0.2, -0.15) is 0 Å². The molecule has 5 heteroatoms. The zero-order chi connectivity index (χ0) is 19.8. The van der Waals surface area contributed by atoms with E-state index >= 15 is 0 Å². The zero-order valence-electron chi connectivity index (χ0n) is 16.0. The Bertz CT molecular complexity index is 1240. The Morgan fingerprint density at radius 2 is 1.03 bits per heavy atom. The SMILES string of the molecule is COc1ccc2ccccc2c1-c1nnc(-c2c(OC)ccc3ccccc23)o1. The summed E-state index contributed by atoms with van der Waals surface area (Å²) in [5.41, 5.74) is 1.56. The Hall–Kier alpha value is -3.86. The summed E-state index contributed by atoms with van der Waals surface area (Å²) in [6.45, 7) is 0. The van der Waals surface area contributed by atoms with E-state index < -0.39 is 0 Å². The van der Waals surface area contributed by atoms with Crippen LogP contribution in [0, 0.1) is 0 Å². The van der Waals surface area contributed by atoms with Crippen molar-refractivity contribution in [1.29, 1.82) is 0 Å². The predicted molar refractivity (Wildman–Crippen MR) is 113 cm³/mol. The molecular formula is C24H18N2O3.